The van der Waals surface area contributed by atoms with E-state index in [2.05, 4.69) is 56.0 Å². The second-order valence-electron chi connectivity index (χ2n) is 5.00. The first kappa shape index (κ1) is 14.6. The zero-order valence-corrected chi connectivity index (χ0v) is 13.9. The molecule has 1 nitrogen and oxygen atoms in total. The average molecular weight is 313 g/mol. The Morgan fingerprint density at radius 3 is 2.41 bits per heavy atom. The maximum atomic E-state index is 5.35. The van der Waals surface area contributed by atoms with E-state index in [9.17, 15) is 0 Å². The molecule has 0 aliphatic heterocycles. The van der Waals surface area contributed by atoms with Crippen molar-refractivity contribution < 1.29 is 4.74 Å². The van der Waals surface area contributed by atoms with E-state index < -0.39 is 8.07 Å². The third-order valence-electron chi connectivity index (χ3n) is 2.38. The summed E-state index contributed by atoms with van der Waals surface area (Å²) in [6, 6.07) is 10.8. The number of rotatable bonds is 6. The van der Waals surface area contributed by atoms with Gasteiger partial charge in [0.2, 0.25) is 0 Å². The van der Waals surface area contributed by atoms with Crippen LogP contribution in [0.5, 0.6) is 0 Å². The van der Waals surface area contributed by atoms with Crippen LogP contribution in [0.15, 0.2) is 42.7 Å². The Hall–Kier alpha value is -0.504. The van der Waals surface area contributed by atoms with Crippen LogP contribution in [0.25, 0.3) is 0 Å². The zero-order valence-electron chi connectivity index (χ0n) is 11.1. The van der Waals surface area contributed by atoms with E-state index in [4.69, 9.17) is 4.74 Å². The van der Waals surface area contributed by atoms with Gasteiger partial charge in [0.15, 0.2) is 0 Å². The first-order valence-electron chi connectivity index (χ1n) is 6.04. The van der Waals surface area contributed by atoms with Gasteiger partial charge < -0.3 is 0 Å². The van der Waals surface area contributed by atoms with Gasteiger partial charge in [-0.05, 0) is 0 Å². The Morgan fingerprint density at radius 1 is 1.24 bits per heavy atom. The van der Waals surface area contributed by atoms with Gasteiger partial charge in [-0.15, -0.1) is 0 Å². The fourth-order valence-electron chi connectivity index (χ4n) is 1.37. The number of hydrogen-bond donors (Lipinski definition) is 0. The van der Waals surface area contributed by atoms with E-state index in [0.29, 0.717) is 19.4 Å². The summed E-state index contributed by atoms with van der Waals surface area (Å²) < 4.78 is 7.53. The van der Waals surface area contributed by atoms with Crippen LogP contribution in [0.2, 0.25) is 24.1 Å². The molecule has 0 radical (unpaired) electrons. The Kier molecular flexibility index (Phi) is 6.03. The van der Waals surface area contributed by atoms with Crippen LogP contribution >= 0.6 is 0 Å². The molecule has 1 rings (SSSR count). The van der Waals surface area contributed by atoms with Crippen LogP contribution in [0.4, 0.5) is 0 Å². The molecule has 0 heterocycles. The number of ether oxygens (including phenoxy) is 1. The van der Waals surface area contributed by atoms with Crippen LogP contribution < -0.4 is 4.46 Å². The Bertz CT molecular complexity index is 343. The quantitative estimate of drug-likeness (QED) is 0.579. The molecule has 0 aliphatic rings. The second kappa shape index (κ2) is 7.05. The summed E-state index contributed by atoms with van der Waals surface area (Å²) >= 11 is 0.513. The van der Waals surface area contributed by atoms with Crippen molar-refractivity contribution in [2.24, 2.45) is 0 Å². The molecule has 0 saturated carbocycles. The van der Waals surface area contributed by atoms with Crippen molar-refractivity contribution in [3.05, 3.63) is 42.7 Å². The third kappa shape index (κ3) is 5.58. The van der Waals surface area contributed by atoms with Gasteiger partial charge in [0.1, 0.15) is 0 Å². The van der Waals surface area contributed by atoms with Crippen LogP contribution in [-0.4, -0.2) is 29.6 Å². The molecular formula is C14H22OSeSi. The van der Waals surface area contributed by atoms with Crippen LogP contribution in [0.3, 0.4) is 0 Å². The standard InChI is InChI=1S/C14H22OSeSi/c1-5-15-12-11-14(17(2,3)4)16-13-9-7-6-8-10-13/h6-12,14H,5H2,1-4H3/b12-11-. The monoisotopic (exact) mass is 314 g/mol. The molecule has 3 heteroatoms. The Balaban J connectivity index is 2.71. The third-order valence-corrected chi connectivity index (χ3v) is 11.3. The van der Waals surface area contributed by atoms with Crippen molar-refractivity contribution in [3.8, 4) is 0 Å². The fourth-order valence-corrected chi connectivity index (χ4v) is 6.89. The molecule has 1 atom stereocenters. The molecule has 0 amide bonds. The fraction of sp³-hybridized carbons (Fsp3) is 0.429. The van der Waals surface area contributed by atoms with Gasteiger partial charge in [-0.2, -0.15) is 0 Å². The van der Waals surface area contributed by atoms with E-state index >= 15 is 0 Å². The zero-order chi connectivity index (χ0) is 12.7. The van der Waals surface area contributed by atoms with Crippen LogP contribution in [0.1, 0.15) is 6.92 Å². The van der Waals surface area contributed by atoms with Gasteiger partial charge in [0.25, 0.3) is 0 Å². The van der Waals surface area contributed by atoms with Gasteiger partial charge in [-0.1, -0.05) is 0 Å². The topological polar surface area (TPSA) is 9.23 Å². The predicted octanol–water partition coefficient (Wildman–Crippen LogP) is 3.23. The molecule has 0 saturated heterocycles. The minimum atomic E-state index is -1.16. The van der Waals surface area contributed by atoms with E-state index in [0.717, 1.165) is 6.61 Å². The predicted molar refractivity (Wildman–Crippen MR) is 79.7 cm³/mol. The van der Waals surface area contributed by atoms with E-state index in [1.165, 1.54) is 4.46 Å². The van der Waals surface area contributed by atoms with E-state index in [1.807, 2.05) is 13.2 Å². The van der Waals surface area contributed by atoms with Crippen molar-refractivity contribution in [2.75, 3.05) is 6.61 Å². The molecule has 1 aromatic carbocycles. The molecule has 0 fully saturated rings. The van der Waals surface area contributed by atoms with Gasteiger partial charge >= 0.3 is 113 Å². The Labute approximate surface area is 112 Å². The van der Waals surface area contributed by atoms with Crippen molar-refractivity contribution in [1.82, 2.24) is 0 Å². The van der Waals surface area contributed by atoms with E-state index in [1.54, 1.807) is 0 Å². The molecule has 1 unspecified atom stereocenters. The number of allylic oxidation sites excluding steroid dienone is 1. The second-order valence-corrected chi connectivity index (χ2v) is 13.8. The summed E-state index contributed by atoms with van der Waals surface area (Å²) in [6.45, 7) is 10.1. The van der Waals surface area contributed by atoms with Crippen LogP contribution in [-0.2, 0) is 4.74 Å². The van der Waals surface area contributed by atoms with Gasteiger partial charge in [-0.3, -0.25) is 0 Å². The first-order chi connectivity index (χ1) is 8.04. The minimum absolute atomic E-state index is 0.513. The molecule has 0 spiro atoms. The number of benzene rings is 1. The molecule has 17 heavy (non-hydrogen) atoms. The number of hydrogen-bond acceptors (Lipinski definition) is 1. The molecule has 0 bridgehead atoms. The summed E-state index contributed by atoms with van der Waals surface area (Å²) in [4.78, 5) is 0. The van der Waals surface area contributed by atoms with Gasteiger partial charge in [0, 0.05) is 0 Å². The van der Waals surface area contributed by atoms with Crippen LogP contribution in [0, 0.1) is 0 Å². The van der Waals surface area contributed by atoms with Crippen molar-refractivity contribution in [1.29, 1.82) is 0 Å². The molecule has 94 valence electrons. The van der Waals surface area contributed by atoms with Gasteiger partial charge in [-0.25, -0.2) is 0 Å². The molecule has 0 N–H and O–H groups in total. The summed E-state index contributed by atoms with van der Waals surface area (Å²) in [5.74, 6) is 0. The van der Waals surface area contributed by atoms with E-state index in [-0.39, 0.29) is 0 Å². The van der Waals surface area contributed by atoms with Gasteiger partial charge in [0.05, 0.1) is 0 Å². The summed E-state index contributed by atoms with van der Waals surface area (Å²) in [5.41, 5.74) is 0. The first-order valence-corrected chi connectivity index (χ1v) is 11.5. The average Bonchev–Trinajstić information content (AvgIpc) is 2.28. The van der Waals surface area contributed by atoms with Crippen molar-refractivity contribution in [3.63, 3.8) is 0 Å². The van der Waals surface area contributed by atoms with Crippen molar-refractivity contribution >= 4 is 27.5 Å². The SMILES string of the molecule is CCO/C=C\C([Se]c1ccccc1)[Si](C)(C)C. The molecule has 1 aromatic rings. The normalized spacial score (nSPS) is 13.9. The summed E-state index contributed by atoms with van der Waals surface area (Å²) in [7, 11) is -1.16. The molecular weight excluding hydrogens is 291 g/mol. The maximum absolute atomic E-state index is 5.35. The summed E-state index contributed by atoms with van der Waals surface area (Å²) in [6.07, 6.45) is 4.18. The molecule has 0 aromatic heterocycles. The molecule has 0 aliphatic carbocycles. The Morgan fingerprint density at radius 2 is 1.88 bits per heavy atom. The van der Waals surface area contributed by atoms with Crippen molar-refractivity contribution in [2.45, 2.75) is 31.0 Å². The summed E-state index contributed by atoms with van der Waals surface area (Å²) in [5, 5.41) is 0.